The summed E-state index contributed by atoms with van der Waals surface area (Å²) in [5.41, 5.74) is 2.90. The molecule has 0 spiro atoms. The Morgan fingerprint density at radius 2 is 1.85 bits per heavy atom. The van der Waals surface area contributed by atoms with Crippen LogP contribution in [0.3, 0.4) is 0 Å². The predicted molar refractivity (Wildman–Crippen MR) is 107 cm³/mol. The van der Waals surface area contributed by atoms with E-state index in [0.29, 0.717) is 19.5 Å². The van der Waals surface area contributed by atoms with Crippen molar-refractivity contribution in [3.8, 4) is 16.5 Å². The molecule has 7 heteroatoms. The van der Waals surface area contributed by atoms with E-state index in [9.17, 15) is 4.79 Å². The fraction of sp³-hybridized carbons (Fsp3) is 0.250. The Hall–Kier alpha value is -2.93. The van der Waals surface area contributed by atoms with Gasteiger partial charge in [0, 0.05) is 31.1 Å². The first-order valence-corrected chi connectivity index (χ1v) is 9.63. The summed E-state index contributed by atoms with van der Waals surface area (Å²) in [6.45, 7) is 1.08. The number of thiazole rings is 1. The molecule has 0 aliphatic rings. The van der Waals surface area contributed by atoms with Crippen molar-refractivity contribution in [3.05, 3.63) is 65.3 Å². The van der Waals surface area contributed by atoms with Crippen molar-refractivity contribution < 1.29 is 9.53 Å². The lowest BCUT2D eigenvalue weighted by molar-refractivity contribution is 0.241. The molecule has 1 aromatic carbocycles. The van der Waals surface area contributed by atoms with Crippen LogP contribution in [0.15, 0.2) is 54.0 Å². The molecule has 27 heavy (non-hydrogen) atoms. The van der Waals surface area contributed by atoms with Crippen LogP contribution in [-0.4, -0.2) is 36.2 Å². The molecule has 2 amide bonds. The maximum atomic E-state index is 11.9. The summed E-state index contributed by atoms with van der Waals surface area (Å²) in [5.74, 6) is 0.840. The summed E-state index contributed by atoms with van der Waals surface area (Å²) < 4.78 is 5.31. The number of amides is 2. The van der Waals surface area contributed by atoms with Crippen LogP contribution in [0.5, 0.6) is 5.75 Å². The number of methoxy groups -OCH3 is 1. The van der Waals surface area contributed by atoms with Crippen molar-refractivity contribution in [2.75, 3.05) is 20.2 Å². The number of hydrogen-bond acceptors (Lipinski definition) is 5. The van der Waals surface area contributed by atoms with Gasteiger partial charge in [0.05, 0.1) is 18.5 Å². The number of pyridine rings is 1. The minimum absolute atomic E-state index is 0.176. The van der Waals surface area contributed by atoms with E-state index in [1.807, 2.05) is 47.8 Å². The van der Waals surface area contributed by atoms with Gasteiger partial charge in [0.2, 0.25) is 0 Å². The molecule has 2 aromatic heterocycles. The lowest BCUT2D eigenvalue weighted by Gasteiger charge is -2.09. The van der Waals surface area contributed by atoms with Crippen molar-refractivity contribution in [1.29, 1.82) is 0 Å². The first-order chi connectivity index (χ1) is 13.3. The number of benzene rings is 1. The third-order valence-corrected chi connectivity index (χ3v) is 4.89. The zero-order valence-corrected chi connectivity index (χ0v) is 16.0. The highest BCUT2D eigenvalue weighted by atomic mass is 32.1. The van der Waals surface area contributed by atoms with E-state index in [4.69, 9.17) is 4.74 Å². The summed E-state index contributed by atoms with van der Waals surface area (Å²) in [4.78, 5) is 20.8. The molecular weight excluding hydrogens is 360 g/mol. The minimum Gasteiger partial charge on any atom is -0.496 e. The van der Waals surface area contributed by atoms with Gasteiger partial charge in [-0.25, -0.2) is 9.78 Å². The number of hydrogen-bond donors (Lipinski definition) is 2. The summed E-state index contributed by atoms with van der Waals surface area (Å²) in [6, 6.07) is 13.4. The predicted octanol–water partition coefficient (Wildman–Crippen LogP) is 3.30. The summed E-state index contributed by atoms with van der Waals surface area (Å²) in [7, 11) is 1.65. The molecule has 0 fully saturated rings. The Morgan fingerprint density at radius 1 is 1.07 bits per heavy atom. The Morgan fingerprint density at radius 3 is 2.63 bits per heavy atom. The number of urea groups is 1. The molecule has 0 saturated heterocycles. The van der Waals surface area contributed by atoms with Crippen LogP contribution in [0, 0.1) is 0 Å². The van der Waals surface area contributed by atoms with Crippen LogP contribution in [0.25, 0.3) is 10.7 Å². The highest BCUT2D eigenvalue weighted by molar-refractivity contribution is 7.13. The highest BCUT2D eigenvalue weighted by Gasteiger charge is 2.07. The largest absolute Gasteiger partial charge is 0.496 e. The minimum atomic E-state index is -0.176. The fourth-order valence-electron chi connectivity index (χ4n) is 2.62. The van der Waals surface area contributed by atoms with E-state index >= 15 is 0 Å². The van der Waals surface area contributed by atoms with Gasteiger partial charge in [-0.15, -0.1) is 11.3 Å². The van der Waals surface area contributed by atoms with E-state index in [1.165, 1.54) is 0 Å². The van der Waals surface area contributed by atoms with Crippen molar-refractivity contribution >= 4 is 17.4 Å². The van der Waals surface area contributed by atoms with E-state index in [2.05, 4.69) is 20.6 Å². The standard InChI is InChI=1S/C20H22N4O2S/c1-26-18-8-3-2-6-15(18)9-12-22-20(25)23-13-10-16-14-27-19(24-16)17-7-4-5-11-21-17/h2-8,11,14H,9-10,12-13H2,1H3,(H2,22,23,25). The fourth-order valence-corrected chi connectivity index (χ4v) is 3.45. The lowest BCUT2D eigenvalue weighted by atomic mass is 10.1. The van der Waals surface area contributed by atoms with Gasteiger partial charge in [0.15, 0.2) is 0 Å². The lowest BCUT2D eigenvalue weighted by Crippen LogP contribution is -2.37. The normalized spacial score (nSPS) is 10.4. The molecule has 0 aliphatic carbocycles. The molecule has 0 saturated carbocycles. The number of para-hydroxylation sites is 1. The molecule has 6 nitrogen and oxygen atoms in total. The maximum Gasteiger partial charge on any atom is 0.314 e. The number of aromatic nitrogens is 2. The second-order valence-electron chi connectivity index (χ2n) is 5.85. The Balaban J connectivity index is 1.38. The van der Waals surface area contributed by atoms with Crippen molar-refractivity contribution in [1.82, 2.24) is 20.6 Å². The second-order valence-corrected chi connectivity index (χ2v) is 6.71. The number of rotatable bonds is 8. The van der Waals surface area contributed by atoms with Crippen molar-refractivity contribution in [3.63, 3.8) is 0 Å². The van der Waals surface area contributed by atoms with Gasteiger partial charge in [-0.1, -0.05) is 24.3 Å². The SMILES string of the molecule is COc1ccccc1CCNC(=O)NCCc1csc(-c2ccccn2)n1. The van der Waals surface area contributed by atoms with Crippen LogP contribution < -0.4 is 15.4 Å². The van der Waals surface area contributed by atoms with Gasteiger partial charge >= 0.3 is 6.03 Å². The molecule has 0 unspecified atom stereocenters. The van der Waals surface area contributed by atoms with Gasteiger partial charge in [-0.3, -0.25) is 4.98 Å². The number of carbonyl (C=O) groups is 1. The van der Waals surface area contributed by atoms with Crippen LogP contribution in [-0.2, 0) is 12.8 Å². The van der Waals surface area contributed by atoms with Crippen molar-refractivity contribution in [2.45, 2.75) is 12.8 Å². The summed E-state index contributed by atoms with van der Waals surface area (Å²) in [6.07, 6.45) is 3.16. The third kappa shape index (κ3) is 5.52. The van der Waals surface area contributed by atoms with Gasteiger partial charge in [0.1, 0.15) is 10.8 Å². The zero-order chi connectivity index (χ0) is 18.9. The molecule has 140 valence electrons. The zero-order valence-electron chi connectivity index (χ0n) is 15.1. The second kappa shape index (κ2) is 9.68. The smallest absolute Gasteiger partial charge is 0.314 e. The monoisotopic (exact) mass is 382 g/mol. The van der Waals surface area contributed by atoms with Crippen LogP contribution >= 0.6 is 11.3 Å². The number of carbonyl (C=O) groups excluding carboxylic acids is 1. The number of nitrogens with zero attached hydrogens (tertiary/aromatic N) is 2. The first-order valence-electron chi connectivity index (χ1n) is 8.75. The van der Waals surface area contributed by atoms with Gasteiger partial charge in [-0.05, 0) is 30.2 Å². The first kappa shape index (κ1) is 18.8. The summed E-state index contributed by atoms with van der Waals surface area (Å²) in [5, 5.41) is 8.63. The third-order valence-electron chi connectivity index (χ3n) is 3.97. The Bertz CT molecular complexity index is 867. The van der Waals surface area contributed by atoms with Gasteiger partial charge in [-0.2, -0.15) is 0 Å². The molecule has 0 aliphatic heterocycles. The molecular formula is C20H22N4O2S. The molecule has 3 aromatic rings. The average molecular weight is 382 g/mol. The molecule has 3 rings (SSSR count). The topological polar surface area (TPSA) is 76.1 Å². The van der Waals surface area contributed by atoms with E-state index in [0.717, 1.165) is 34.1 Å². The molecule has 0 atom stereocenters. The number of ether oxygens (including phenoxy) is 1. The van der Waals surface area contributed by atoms with E-state index in [-0.39, 0.29) is 6.03 Å². The van der Waals surface area contributed by atoms with Gasteiger partial charge in [0.25, 0.3) is 0 Å². The Kier molecular flexibility index (Phi) is 6.76. The number of nitrogens with one attached hydrogen (secondary N) is 2. The van der Waals surface area contributed by atoms with Crippen LogP contribution in [0.2, 0.25) is 0 Å². The van der Waals surface area contributed by atoms with Crippen LogP contribution in [0.1, 0.15) is 11.3 Å². The molecule has 2 heterocycles. The van der Waals surface area contributed by atoms with E-state index < -0.39 is 0 Å². The highest BCUT2D eigenvalue weighted by Crippen LogP contribution is 2.21. The molecule has 0 radical (unpaired) electrons. The molecule has 2 N–H and O–H groups in total. The van der Waals surface area contributed by atoms with Gasteiger partial charge < -0.3 is 15.4 Å². The molecule has 0 bridgehead atoms. The maximum absolute atomic E-state index is 11.9. The van der Waals surface area contributed by atoms with Crippen molar-refractivity contribution in [2.24, 2.45) is 0 Å². The Labute approximate surface area is 162 Å². The quantitative estimate of drug-likeness (QED) is 0.627. The summed E-state index contributed by atoms with van der Waals surface area (Å²) >= 11 is 1.56. The van der Waals surface area contributed by atoms with Crippen LogP contribution in [0.4, 0.5) is 4.79 Å². The average Bonchev–Trinajstić information content (AvgIpc) is 3.18. The van der Waals surface area contributed by atoms with E-state index in [1.54, 1.807) is 24.6 Å².